The SMILES string of the molecule is CCCCCCCCCCCCCCCCCCCCCC(=O)OC[C@H](COC(=O)CCCCCCCCC(C)CC)OC(=O)CCCCCCCCCCCCCCCCCCCC. The summed E-state index contributed by atoms with van der Waals surface area (Å²) < 4.78 is 16.9. The standard InChI is InChI=1S/C59H114O6/c1-5-8-10-12-14-16-18-20-22-24-26-28-29-31-33-35-37-42-46-50-57(60)63-53-56(54-64-58(61)51-47-43-40-39-41-45-49-55(4)7-3)65-59(62)52-48-44-38-36-34-32-30-27-25-23-21-19-17-15-13-11-9-6-2/h55-56H,5-54H2,1-4H3/t55?,56-/m1/s1. The van der Waals surface area contributed by atoms with Gasteiger partial charge in [-0.1, -0.05) is 297 Å². The molecule has 0 rings (SSSR count). The van der Waals surface area contributed by atoms with Gasteiger partial charge in [-0.15, -0.1) is 0 Å². The summed E-state index contributed by atoms with van der Waals surface area (Å²) in [7, 11) is 0. The summed E-state index contributed by atoms with van der Waals surface area (Å²) >= 11 is 0. The fourth-order valence-corrected chi connectivity index (χ4v) is 9.07. The topological polar surface area (TPSA) is 78.9 Å². The minimum absolute atomic E-state index is 0.0627. The molecule has 0 spiro atoms. The largest absolute Gasteiger partial charge is 0.462 e. The van der Waals surface area contributed by atoms with E-state index in [4.69, 9.17) is 14.2 Å². The first-order chi connectivity index (χ1) is 31.9. The zero-order valence-corrected chi connectivity index (χ0v) is 44.5. The van der Waals surface area contributed by atoms with Crippen LogP contribution in [0.1, 0.15) is 336 Å². The Hall–Kier alpha value is -1.59. The van der Waals surface area contributed by atoms with Gasteiger partial charge >= 0.3 is 17.9 Å². The van der Waals surface area contributed by atoms with Crippen LogP contribution in [0.3, 0.4) is 0 Å². The molecule has 0 aliphatic heterocycles. The molecule has 0 heterocycles. The van der Waals surface area contributed by atoms with Crippen LogP contribution < -0.4 is 0 Å². The number of rotatable bonds is 54. The lowest BCUT2D eigenvalue weighted by atomic mass is 10.00. The third-order valence-corrected chi connectivity index (χ3v) is 13.9. The van der Waals surface area contributed by atoms with Crippen molar-refractivity contribution in [2.45, 2.75) is 342 Å². The Labute approximate surface area is 406 Å². The summed E-state index contributed by atoms with van der Waals surface area (Å²) in [4.78, 5) is 38.1. The zero-order chi connectivity index (χ0) is 47.4. The van der Waals surface area contributed by atoms with Crippen LogP contribution in [0.5, 0.6) is 0 Å². The highest BCUT2D eigenvalue weighted by Crippen LogP contribution is 2.18. The van der Waals surface area contributed by atoms with Gasteiger partial charge in [0.05, 0.1) is 0 Å². The van der Waals surface area contributed by atoms with Crippen molar-refractivity contribution < 1.29 is 28.6 Å². The van der Waals surface area contributed by atoms with E-state index in [1.807, 2.05) is 0 Å². The van der Waals surface area contributed by atoms with Gasteiger partial charge in [-0.25, -0.2) is 0 Å². The monoisotopic (exact) mass is 919 g/mol. The normalized spacial score (nSPS) is 12.4. The minimum Gasteiger partial charge on any atom is -0.462 e. The number of hydrogen-bond donors (Lipinski definition) is 0. The molecule has 386 valence electrons. The summed E-state index contributed by atoms with van der Waals surface area (Å²) in [6.45, 7) is 9.03. The number of hydrogen-bond acceptors (Lipinski definition) is 6. The van der Waals surface area contributed by atoms with E-state index in [-0.39, 0.29) is 31.1 Å². The first-order valence-corrected chi connectivity index (χ1v) is 29.4. The van der Waals surface area contributed by atoms with Crippen LogP contribution in [0.4, 0.5) is 0 Å². The molecule has 0 aromatic carbocycles. The predicted molar refractivity (Wildman–Crippen MR) is 280 cm³/mol. The Morgan fingerprint density at radius 3 is 0.800 bits per heavy atom. The molecule has 2 atom stereocenters. The van der Waals surface area contributed by atoms with Gasteiger partial charge in [-0.05, 0) is 25.2 Å². The molecular formula is C59H114O6. The number of carbonyl (C=O) groups is 3. The molecule has 65 heavy (non-hydrogen) atoms. The van der Waals surface area contributed by atoms with Crippen LogP contribution >= 0.6 is 0 Å². The zero-order valence-electron chi connectivity index (χ0n) is 44.5. The molecule has 0 fully saturated rings. The van der Waals surface area contributed by atoms with E-state index < -0.39 is 6.10 Å². The van der Waals surface area contributed by atoms with E-state index in [1.54, 1.807) is 0 Å². The smallest absolute Gasteiger partial charge is 0.306 e. The summed E-state index contributed by atoms with van der Waals surface area (Å²) in [5.41, 5.74) is 0. The number of esters is 3. The van der Waals surface area contributed by atoms with Crippen molar-refractivity contribution in [2.24, 2.45) is 5.92 Å². The van der Waals surface area contributed by atoms with E-state index in [1.165, 1.54) is 231 Å². The van der Waals surface area contributed by atoms with Crippen molar-refractivity contribution in [1.29, 1.82) is 0 Å². The van der Waals surface area contributed by atoms with E-state index >= 15 is 0 Å². The molecule has 0 amide bonds. The molecule has 0 aromatic heterocycles. The molecule has 0 saturated heterocycles. The fourth-order valence-electron chi connectivity index (χ4n) is 9.07. The Balaban J connectivity index is 4.23. The Morgan fingerprint density at radius 2 is 0.538 bits per heavy atom. The molecule has 0 saturated carbocycles. The molecule has 1 unspecified atom stereocenters. The Kier molecular flexibility index (Phi) is 52.1. The maximum Gasteiger partial charge on any atom is 0.306 e. The van der Waals surface area contributed by atoms with Crippen molar-refractivity contribution in [3.05, 3.63) is 0 Å². The molecule has 0 N–H and O–H groups in total. The molecule has 6 heteroatoms. The van der Waals surface area contributed by atoms with Crippen molar-refractivity contribution in [2.75, 3.05) is 13.2 Å². The van der Waals surface area contributed by atoms with Crippen molar-refractivity contribution >= 4 is 17.9 Å². The first-order valence-electron chi connectivity index (χ1n) is 29.4. The summed E-state index contributed by atoms with van der Waals surface area (Å²) in [6, 6.07) is 0. The van der Waals surface area contributed by atoms with Crippen LogP contribution in [0, 0.1) is 5.92 Å². The van der Waals surface area contributed by atoms with Crippen LogP contribution in [0.15, 0.2) is 0 Å². The maximum atomic E-state index is 12.8. The highest BCUT2D eigenvalue weighted by atomic mass is 16.6. The first kappa shape index (κ1) is 63.4. The Morgan fingerprint density at radius 1 is 0.308 bits per heavy atom. The van der Waals surface area contributed by atoms with Crippen molar-refractivity contribution in [3.63, 3.8) is 0 Å². The lowest BCUT2D eigenvalue weighted by molar-refractivity contribution is -0.167. The molecule has 0 aromatic rings. The molecule has 6 nitrogen and oxygen atoms in total. The number of unbranched alkanes of at least 4 members (excludes halogenated alkanes) is 40. The Bertz CT molecular complexity index is 982. The molecule has 0 aliphatic rings. The van der Waals surface area contributed by atoms with Gasteiger partial charge in [0.2, 0.25) is 0 Å². The lowest BCUT2D eigenvalue weighted by Gasteiger charge is -2.18. The number of carbonyl (C=O) groups excluding carboxylic acids is 3. The second kappa shape index (κ2) is 53.4. The van der Waals surface area contributed by atoms with E-state index in [0.29, 0.717) is 19.3 Å². The molecular weight excluding hydrogens is 805 g/mol. The quantitative estimate of drug-likeness (QED) is 0.0344. The van der Waals surface area contributed by atoms with Crippen LogP contribution in [-0.4, -0.2) is 37.2 Å². The van der Waals surface area contributed by atoms with E-state index in [9.17, 15) is 14.4 Å². The van der Waals surface area contributed by atoms with Gasteiger partial charge in [-0.3, -0.25) is 14.4 Å². The average molecular weight is 920 g/mol. The highest BCUT2D eigenvalue weighted by Gasteiger charge is 2.19. The highest BCUT2D eigenvalue weighted by molar-refractivity contribution is 5.71. The van der Waals surface area contributed by atoms with Crippen LogP contribution in [0.25, 0.3) is 0 Å². The van der Waals surface area contributed by atoms with Crippen molar-refractivity contribution in [1.82, 2.24) is 0 Å². The van der Waals surface area contributed by atoms with Crippen molar-refractivity contribution in [3.8, 4) is 0 Å². The molecule has 0 aliphatic carbocycles. The third kappa shape index (κ3) is 51.6. The fraction of sp³-hybridized carbons (Fsp3) is 0.949. The summed E-state index contributed by atoms with van der Waals surface area (Å²) in [5.74, 6) is -0.0253. The minimum atomic E-state index is -0.762. The average Bonchev–Trinajstić information content (AvgIpc) is 3.30. The second-order valence-corrected chi connectivity index (χ2v) is 20.5. The maximum absolute atomic E-state index is 12.8. The molecule has 0 bridgehead atoms. The van der Waals surface area contributed by atoms with Gasteiger partial charge in [0.25, 0.3) is 0 Å². The van der Waals surface area contributed by atoms with E-state index in [0.717, 1.165) is 63.7 Å². The summed E-state index contributed by atoms with van der Waals surface area (Å²) in [6.07, 6.45) is 58.2. The van der Waals surface area contributed by atoms with Crippen LogP contribution in [-0.2, 0) is 28.6 Å². The third-order valence-electron chi connectivity index (χ3n) is 13.9. The van der Waals surface area contributed by atoms with Gasteiger partial charge in [0, 0.05) is 19.3 Å². The second-order valence-electron chi connectivity index (χ2n) is 20.5. The summed E-state index contributed by atoms with van der Waals surface area (Å²) in [5, 5.41) is 0. The van der Waals surface area contributed by atoms with Crippen LogP contribution in [0.2, 0.25) is 0 Å². The molecule has 0 radical (unpaired) electrons. The van der Waals surface area contributed by atoms with E-state index in [2.05, 4.69) is 27.7 Å². The number of ether oxygens (including phenoxy) is 3. The predicted octanol–water partition coefficient (Wildman–Crippen LogP) is 19.4. The van der Waals surface area contributed by atoms with Gasteiger partial charge in [0.15, 0.2) is 6.10 Å². The lowest BCUT2D eigenvalue weighted by Crippen LogP contribution is -2.30. The van der Waals surface area contributed by atoms with Gasteiger partial charge < -0.3 is 14.2 Å². The van der Waals surface area contributed by atoms with Gasteiger partial charge in [0.1, 0.15) is 13.2 Å². The van der Waals surface area contributed by atoms with Gasteiger partial charge in [-0.2, -0.15) is 0 Å².